The van der Waals surface area contributed by atoms with Crippen LogP contribution in [0.3, 0.4) is 0 Å². The smallest absolute Gasteiger partial charge is 0.341 e. The summed E-state index contributed by atoms with van der Waals surface area (Å²) in [6, 6.07) is 10.4. The maximum atomic E-state index is 12.2. The summed E-state index contributed by atoms with van der Waals surface area (Å²) in [5, 5.41) is 16.9. The molecule has 1 atom stereocenters. The number of esters is 1. The molecule has 8 nitrogen and oxygen atoms in total. The van der Waals surface area contributed by atoms with Gasteiger partial charge in [-0.15, -0.1) is 0 Å². The number of carbonyl (C=O) groups is 2. The van der Waals surface area contributed by atoms with Crippen molar-refractivity contribution in [3.05, 3.63) is 68.7 Å². The highest BCUT2D eigenvalue weighted by Gasteiger charge is 2.19. The summed E-state index contributed by atoms with van der Waals surface area (Å²) < 4.78 is 4.99. The molecule has 9 heteroatoms. The second-order valence-electron chi connectivity index (χ2n) is 5.65. The van der Waals surface area contributed by atoms with Crippen LogP contribution in [0.25, 0.3) is 0 Å². The van der Waals surface area contributed by atoms with E-state index in [9.17, 15) is 19.7 Å². The van der Waals surface area contributed by atoms with Gasteiger partial charge in [-0.2, -0.15) is 0 Å². The van der Waals surface area contributed by atoms with E-state index in [1.165, 1.54) is 12.1 Å². The van der Waals surface area contributed by atoms with Crippen LogP contribution in [0.1, 0.15) is 28.9 Å². The molecule has 0 fully saturated rings. The highest BCUT2D eigenvalue weighted by Crippen LogP contribution is 2.22. The lowest BCUT2D eigenvalue weighted by molar-refractivity contribution is -0.384. The number of nitrogens with zero attached hydrogens (tertiary/aromatic N) is 1. The summed E-state index contributed by atoms with van der Waals surface area (Å²) >= 11 is 5.83. The van der Waals surface area contributed by atoms with Crippen LogP contribution in [-0.4, -0.2) is 30.5 Å². The van der Waals surface area contributed by atoms with Gasteiger partial charge >= 0.3 is 5.97 Å². The molecule has 0 saturated carbocycles. The van der Waals surface area contributed by atoms with Crippen LogP contribution in [0.15, 0.2) is 42.5 Å². The molecule has 27 heavy (non-hydrogen) atoms. The number of hydrogen-bond acceptors (Lipinski definition) is 6. The highest BCUT2D eigenvalue weighted by molar-refractivity contribution is 6.30. The molecule has 2 aromatic rings. The first-order valence-electron chi connectivity index (χ1n) is 8.00. The van der Waals surface area contributed by atoms with E-state index in [-0.39, 0.29) is 17.3 Å². The minimum absolute atomic E-state index is 0.0229. The third kappa shape index (κ3) is 5.42. The Morgan fingerprint density at radius 3 is 2.48 bits per heavy atom. The summed E-state index contributed by atoms with van der Waals surface area (Å²) in [4.78, 5) is 34.5. The van der Waals surface area contributed by atoms with Crippen LogP contribution < -0.4 is 10.6 Å². The van der Waals surface area contributed by atoms with Gasteiger partial charge in [0.05, 0.1) is 16.5 Å². The number of rotatable bonds is 7. The molecule has 0 saturated heterocycles. The number of carbonyl (C=O) groups excluding carboxylic acids is 2. The zero-order chi connectivity index (χ0) is 20.0. The van der Waals surface area contributed by atoms with Gasteiger partial charge < -0.3 is 15.4 Å². The molecule has 2 aromatic carbocycles. The fraction of sp³-hybridized carbons (Fsp3) is 0.222. The van der Waals surface area contributed by atoms with Crippen molar-refractivity contribution in [1.82, 2.24) is 5.32 Å². The Bertz CT molecular complexity index is 855. The van der Waals surface area contributed by atoms with Crippen molar-refractivity contribution < 1.29 is 19.2 Å². The molecule has 2 rings (SSSR count). The summed E-state index contributed by atoms with van der Waals surface area (Å²) in [5.41, 5.74) is 0.933. The third-order valence-electron chi connectivity index (χ3n) is 3.79. The van der Waals surface area contributed by atoms with E-state index >= 15 is 0 Å². The van der Waals surface area contributed by atoms with Crippen LogP contribution in [0, 0.1) is 10.1 Å². The molecular formula is C18H18ClN3O5. The fourth-order valence-electron chi connectivity index (χ4n) is 2.36. The topological polar surface area (TPSA) is 111 Å². The molecule has 0 aliphatic rings. The van der Waals surface area contributed by atoms with Crippen molar-refractivity contribution in [2.75, 3.05) is 19.0 Å². The second kappa shape index (κ2) is 9.00. The van der Waals surface area contributed by atoms with Crippen molar-refractivity contribution in [2.45, 2.75) is 13.0 Å². The molecule has 0 aliphatic heterocycles. The summed E-state index contributed by atoms with van der Waals surface area (Å²) in [7, 11) is 1.57. The van der Waals surface area contributed by atoms with Crippen molar-refractivity contribution >= 4 is 34.9 Å². The molecule has 1 amide bonds. The zero-order valence-electron chi connectivity index (χ0n) is 14.7. The van der Waals surface area contributed by atoms with Crippen LogP contribution in [-0.2, 0) is 9.53 Å². The fourth-order valence-corrected chi connectivity index (χ4v) is 2.49. The summed E-state index contributed by atoms with van der Waals surface area (Å²) in [6.07, 6.45) is 0. The van der Waals surface area contributed by atoms with Gasteiger partial charge in [0.1, 0.15) is 0 Å². The van der Waals surface area contributed by atoms with Gasteiger partial charge in [0, 0.05) is 29.9 Å². The van der Waals surface area contributed by atoms with Crippen molar-refractivity contribution in [2.24, 2.45) is 0 Å². The molecule has 0 radical (unpaired) electrons. The Morgan fingerprint density at radius 1 is 1.22 bits per heavy atom. The molecule has 142 valence electrons. The van der Waals surface area contributed by atoms with E-state index in [1.807, 2.05) is 0 Å². The first-order chi connectivity index (χ1) is 12.8. The Morgan fingerprint density at radius 2 is 1.89 bits per heavy atom. The van der Waals surface area contributed by atoms with Gasteiger partial charge in [-0.05, 0) is 30.7 Å². The third-order valence-corrected chi connectivity index (χ3v) is 4.04. The number of anilines is 1. The van der Waals surface area contributed by atoms with Gasteiger partial charge in [0.15, 0.2) is 6.61 Å². The molecule has 2 N–H and O–H groups in total. The van der Waals surface area contributed by atoms with E-state index in [2.05, 4.69) is 10.6 Å². The summed E-state index contributed by atoms with van der Waals surface area (Å²) in [5.74, 6) is -1.33. The number of benzene rings is 2. The number of amides is 1. The number of hydrogen-bond donors (Lipinski definition) is 2. The monoisotopic (exact) mass is 391 g/mol. The van der Waals surface area contributed by atoms with E-state index in [0.717, 1.165) is 11.6 Å². The van der Waals surface area contributed by atoms with Crippen molar-refractivity contribution in [1.29, 1.82) is 0 Å². The molecule has 0 bridgehead atoms. The quantitative estimate of drug-likeness (QED) is 0.425. The predicted octanol–water partition coefficient (Wildman–Crippen LogP) is 3.32. The van der Waals surface area contributed by atoms with Gasteiger partial charge in [0.25, 0.3) is 11.6 Å². The molecule has 0 unspecified atom stereocenters. The van der Waals surface area contributed by atoms with E-state index in [0.29, 0.717) is 10.7 Å². The number of nitrogens with one attached hydrogen (secondary N) is 2. The number of nitro benzene ring substituents is 1. The maximum absolute atomic E-state index is 12.2. The largest absolute Gasteiger partial charge is 0.452 e. The Balaban J connectivity index is 1.98. The maximum Gasteiger partial charge on any atom is 0.341 e. The average Bonchev–Trinajstić information content (AvgIpc) is 2.65. The molecule has 0 spiro atoms. The SMILES string of the molecule is CNc1ccc([N+](=O)[O-])cc1C(=O)OCC(=O)N[C@@H](C)c1ccc(Cl)cc1. The minimum Gasteiger partial charge on any atom is -0.452 e. The van der Waals surface area contributed by atoms with Crippen LogP contribution in [0.2, 0.25) is 5.02 Å². The number of nitro groups is 1. The van der Waals surface area contributed by atoms with Gasteiger partial charge in [0.2, 0.25) is 0 Å². The number of ether oxygens (including phenoxy) is 1. The molecule has 0 aliphatic carbocycles. The molecule has 0 aromatic heterocycles. The zero-order valence-corrected chi connectivity index (χ0v) is 15.4. The Hall–Kier alpha value is -3.13. The second-order valence-corrected chi connectivity index (χ2v) is 6.09. The average molecular weight is 392 g/mol. The van der Waals surface area contributed by atoms with Crippen LogP contribution in [0.4, 0.5) is 11.4 Å². The molecular weight excluding hydrogens is 374 g/mol. The van der Waals surface area contributed by atoms with E-state index in [4.69, 9.17) is 16.3 Å². The first-order valence-corrected chi connectivity index (χ1v) is 8.37. The van der Waals surface area contributed by atoms with E-state index in [1.54, 1.807) is 38.2 Å². The highest BCUT2D eigenvalue weighted by atomic mass is 35.5. The minimum atomic E-state index is -0.836. The Kier molecular flexibility index (Phi) is 6.73. The van der Waals surface area contributed by atoms with Crippen molar-refractivity contribution in [3.8, 4) is 0 Å². The lowest BCUT2D eigenvalue weighted by Gasteiger charge is -2.15. The lowest BCUT2D eigenvalue weighted by Crippen LogP contribution is -2.31. The van der Waals surface area contributed by atoms with E-state index < -0.39 is 23.4 Å². The predicted molar refractivity (Wildman–Crippen MR) is 101 cm³/mol. The first kappa shape index (κ1) is 20.2. The van der Waals surface area contributed by atoms with Crippen molar-refractivity contribution in [3.63, 3.8) is 0 Å². The Labute approximate surface area is 160 Å². The lowest BCUT2D eigenvalue weighted by atomic mass is 10.1. The number of halogens is 1. The molecule has 0 heterocycles. The van der Waals surface area contributed by atoms with Gasteiger partial charge in [-0.3, -0.25) is 14.9 Å². The van der Waals surface area contributed by atoms with Gasteiger partial charge in [-0.1, -0.05) is 23.7 Å². The van der Waals surface area contributed by atoms with Crippen LogP contribution in [0.5, 0.6) is 0 Å². The van der Waals surface area contributed by atoms with Gasteiger partial charge in [-0.25, -0.2) is 4.79 Å². The normalized spacial score (nSPS) is 11.4. The van der Waals surface area contributed by atoms with Crippen LogP contribution >= 0.6 is 11.6 Å². The summed E-state index contributed by atoms with van der Waals surface area (Å²) in [6.45, 7) is 1.27. The number of non-ortho nitro benzene ring substituents is 1. The standard InChI is InChI=1S/C18H18ClN3O5/c1-11(12-3-5-13(19)6-4-12)21-17(23)10-27-18(24)15-9-14(22(25)26)7-8-16(15)20-2/h3-9,11,20H,10H2,1-2H3,(H,21,23)/t11-/m0/s1.